The minimum Gasteiger partial charge on any atom is -0.434 e. The Balaban J connectivity index is 1.40. The highest BCUT2D eigenvalue weighted by Crippen LogP contribution is 2.55. The summed E-state index contributed by atoms with van der Waals surface area (Å²) in [5, 5.41) is 20.1. The van der Waals surface area contributed by atoms with E-state index in [0.717, 1.165) is 36.7 Å². The Hall–Kier alpha value is -2.12. The van der Waals surface area contributed by atoms with Crippen molar-refractivity contribution < 1.29 is 23.4 Å². The first-order chi connectivity index (χ1) is 17.1. The maximum atomic E-state index is 13.0. The number of ether oxygens (including phenoxy) is 2. The fourth-order valence-corrected chi connectivity index (χ4v) is 6.73. The van der Waals surface area contributed by atoms with Gasteiger partial charge in [0.25, 0.3) is 0 Å². The number of aromatic nitrogens is 1. The van der Waals surface area contributed by atoms with Crippen LogP contribution in [-0.2, 0) is 11.3 Å². The van der Waals surface area contributed by atoms with Crippen molar-refractivity contribution in [3.63, 3.8) is 0 Å². The van der Waals surface area contributed by atoms with E-state index in [1.54, 1.807) is 12.3 Å². The molecule has 3 aliphatic rings. The summed E-state index contributed by atoms with van der Waals surface area (Å²) >= 11 is 1.43. The summed E-state index contributed by atoms with van der Waals surface area (Å²) < 4.78 is 36.3. The van der Waals surface area contributed by atoms with Gasteiger partial charge in [0.15, 0.2) is 6.29 Å². The molecule has 3 fully saturated rings. The molecule has 194 valence electrons. The lowest BCUT2D eigenvalue weighted by atomic mass is 9.63. The molecule has 4 atom stereocenters. The quantitative estimate of drug-likeness (QED) is 0.456. The number of halogens is 2. The first-order valence-electron chi connectivity index (χ1n) is 12.6. The number of nitrogens with zero attached hydrogens (tertiary/aromatic N) is 3. The molecular weight excluding hydrogens is 484 g/mol. The number of alkyl halides is 2. The van der Waals surface area contributed by atoms with Crippen LogP contribution in [0.4, 0.5) is 8.78 Å². The summed E-state index contributed by atoms with van der Waals surface area (Å²) in [7, 11) is 0. The van der Waals surface area contributed by atoms with E-state index in [0.29, 0.717) is 28.6 Å². The normalized spacial score (nSPS) is 28.8. The highest BCUT2D eigenvalue weighted by Gasteiger charge is 2.59. The lowest BCUT2D eigenvalue weighted by Gasteiger charge is -2.49. The zero-order valence-corrected chi connectivity index (χ0v) is 21.7. The third kappa shape index (κ3) is 5.57. The lowest BCUT2D eigenvalue weighted by Crippen LogP contribution is -2.52. The summed E-state index contributed by atoms with van der Waals surface area (Å²) in [6, 6.07) is 6.45. The number of piperidine rings is 1. The van der Waals surface area contributed by atoms with Crippen LogP contribution in [0.15, 0.2) is 24.4 Å². The van der Waals surface area contributed by atoms with E-state index in [2.05, 4.69) is 36.7 Å². The molecule has 2 aliphatic heterocycles. The van der Waals surface area contributed by atoms with Gasteiger partial charge < -0.3 is 14.6 Å². The van der Waals surface area contributed by atoms with Crippen LogP contribution in [-0.4, -0.2) is 47.1 Å². The molecule has 1 N–H and O–H groups in total. The van der Waals surface area contributed by atoms with Crippen molar-refractivity contribution in [2.45, 2.75) is 72.0 Å². The smallest absolute Gasteiger partial charge is 0.387 e. The Morgan fingerprint density at radius 1 is 1.36 bits per heavy atom. The van der Waals surface area contributed by atoms with E-state index < -0.39 is 12.9 Å². The van der Waals surface area contributed by atoms with Gasteiger partial charge in [-0.25, -0.2) is 4.98 Å². The number of epoxide rings is 1. The number of nitriles is 1. The van der Waals surface area contributed by atoms with Gasteiger partial charge in [0.2, 0.25) is 0 Å². The molecule has 0 amide bonds. The van der Waals surface area contributed by atoms with Crippen LogP contribution in [0.3, 0.4) is 0 Å². The fraction of sp³-hybridized carbons (Fsp3) is 0.630. The van der Waals surface area contributed by atoms with Gasteiger partial charge >= 0.3 is 6.61 Å². The Kier molecular flexibility index (Phi) is 6.83. The molecular formula is C27H33F2N3O3S. The highest BCUT2D eigenvalue weighted by atomic mass is 32.1. The minimum absolute atomic E-state index is 0.0130. The summed E-state index contributed by atoms with van der Waals surface area (Å²) in [5.41, 5.74) is 0.810. The van der Waals surface area contributed by atoms with E-state index in [4.69, 9.17) is 9.47 Å². The van der Waals surface area contributed by atoms with E-state index >= 15 is 0 Å². The molecule has 0 bridgehead atoms. The van der Waals surface area contributed by atoms with Gasteiger partial charge in [-0.2, -0.15) is 14.0 Å². The second-order valence-electron chi connectivity index (χ2n) is 11.7. The molecule has 6 nitrogen and oxygen atoms in total. The van der Waals surface area contributed by atoms with Crippen molar-refractivity contribution >= 4 is 11.3 Å². The van der Waals surface area contributed by atoms with Crippen LogP contribution >= 0.6 is 11.3 Å². The summed E-state index contributed by atoms with van der Waals surface area (Å²) in [6.07, 6.45) is 5.67. The van der Waals surface area contributed by atoms with Gasteiger partial charge in [0.1, 0.15) is 16.9 Å². The van der Waals surface area contributed by atoms with Crippen LogP contribution in [0.25, 0.3) is 10.6 Å². The van der Waals surface area contributed by atoms with E-state index in [1.807, 2.05) is 0 Å². The van der Waals surface area contributed by atoms with Crippen LogP contribution in [0, 0.1) is 34.0 Å². The third-order valence-corrected chi connectivity index (χ3v) is 8.86. The third-order valence-electron chi connectivity index (χ3n) is 7.85. The van der Waals surface area contributed by atoms with Crippen molar-refractivity contribution in [2.24, 2.45) is 22.7 Å². The summed E-state index contributed by atoms with van der Waals surface area (Å²) in [5.74, 6) is 1.18. The zero-order chi connectivity index (χ0) is 25.7. The second kappa shape index (κ2) is 9.64. The Bertz CT molecular complexity index is 1140. The van der Waals surface area contributed by atoms with Crippen LogP contribution in [0.1, 0.15) is 56.9 Å². The number of thiazole rings is 1. The predicted molar refractivity (Wildman–Crippen MR) is 132 cm³/mol. The molecule has 3 heterocycles. The van der Waals surface area contributed by atoms with Gasteiger partial charge in [-0.05, 0) is 48.3 Å². The van der Waals surface area contributed by atoms with Crippen LogP contribution < -0.4 is 4.74 Å². The number of aliphatic hydroxyl groups excluding tert-OH is 1. The molecule has 0 radical (unpaired) electrons. The molecule has 1 aromatic heterocycles. The van der Waals surface area contributed by atoms with Gasteiger partial charge in [-0.15, -0.1) is 11.3 Å². The molecule has 9 heteroatoms. The molecule has 2 unspecified atom stereocenters. The summed E-state index contributed by atoms with van der Waals surface area (Å²) in [4.78, 5) is 7.98. The summed E-state index contributed by atoms with van der Waals surface area (Å²) in [6.45, 7) is 6.37. The number of aliphatic hydroxyl groups is 1. The number of rotatable bonds is 8. The van der Waals surface area contributed by atoms with Gasteiger partial charge in [0.05, 0.1) is 17.2 Å². The van der Waals surface area contributed by atoms with Crippen molar-refractivity contribution in [3.05, 3.63) is 34.8 Å². The number of likely N-dealkylation sites (tertiary alicyclic amines) is 1. The monoisotopic (exact) mass is 517 g/mol. The molecule has 1 aromatic carbocycles. The SMILES string of the molecule is CC(C)(C)[C@H]1CN(Cc2cnc(-c3cc(C#N)ccc3OC(F)F)s2)C[C@](CC2CC2)(C2OC2O)C1. The number of hydrogen-bond donors (Lipinski definition) is 1. The lowest BCUT2D eigenvalue weighted by molar-refractivity contribution is -0.0494. The first kappa shape index (κ1) is 25.5. The van der Waals surface area contributed by atoms with E-state index in [1.165, 1.54) is 36.3 Å². The molecule has 0 spiro atoms. The highest BCUT2D eigenvalue weighted by molar-refractivity contribution is 7.15. The maximum absolute atomic E-state index is 13.0. The molecule has 36 heavy (non-hydrogen) atoms. The Morgan fingerprint density at radius 2 is 2.11 bits per heavy atom. The van der Waals surface area contributed by atoms with E-state index in [-0.39, 0.29) is 22.7 Å². The first-order valence-corrected chi connectivity index (χ1v) is 13.4. The van der Waals surface area contributed by atoms with Crippen LogP contribution in [0.2, 0.25) is 0 Å². The molecule has 1 aliphatic carbocycles. The van der Waals surface area contributed by atoms with Crippen molar-refractivity contribution in [1.82, 2.24) is 9.88 Å². The molecule has 5 rings (SSSR count). The Labute approximate surface area is 214 Å². The zero-order valence-electron chi connectivity index (χ0n) is 20.9. The standard InChI is InChI=1S/C27H33F2N3O3S/c1-26(2,3)18-10-27(9-16-4-5-16,22-24(33)35-22)15-32(13-18)14-19-12-31-23(36-19)20-8-17(11-30)6-7-21(20)34-25(28)29/h6-8,12,16,18,22,24-25,33H,4-5,9-10,13-15H2,1-3H3/t18-,22?,24?,27-/m1/s1. The average molecular weight is 518 g/mol. The average Bonchev–Trinajstić information content (AvgIpc) is 3.72. The minimum atomic E-state index is -2.96. The Morgan fingerprint density at radius 3 is 2.72 bits per heavy atom. The predicted octanol–water partition coefficient (Wildman–Crippen LogP) is 5.65. The van der Waals surface area contributed by atoms with Crippen molar-refractivity contribution in [3.8, 4) is 22.4 Å². The van der Waals surface area contributed by atoms with Crippen LogP contribution in [0.5, 0.6) is 5.75 Å². The van der Waals surface area contributed by atoms with Crippen molar-refractivity contribution in [1.29, 1.82) is 5.26 Å². The fourth-order valence-electron chi connectivity index (χ4n) is 5.75. The maximum Gasteiger partial charge on any atom is 0.387 e. The molecule has 2 aromatic rings. The number of hydrogen-bond acceptors (Lipinski definition) is 7. The van der Waals surface area contributed by atoms with Gasteiger partial charge in [-0.3, -0.25) is 4.90 Å². The largest absolute Gasteiger partial charge is 0.434 e. The van der Waals surface area contributed by atoms with Gasteiger partial charge in [0, 0.05) is 36.1 Å². The number of benzene rings is 1. The second-order valence-corrected chi connectivity index (χ2v) is 12.8. The molecule has 2 saturated heterocycles. The van der Waals surface area contributed by atoms with E-state index in [9.17, 15) is 19.1 Å². The molecule has 1 saturated carbocycles. The van der Waals surface area contributed by atoms with Crippen molar-refractivity contribution in [2.75, 3.05) is 13.1 Å². The topological polar surface area (TPSA) is 81.9 Å². The van der Waals surface area contributed by atoms with Gasteiger partial charge in [-0.1, -0.05) is 33.6 Å².